The number of rotatable bonds is 5. The van der Waals surface area contributed by atoms with Crippen molar-refractivity contribution >= 4 is 33.3 Å². The first-order valence-electron chi connectivity index (χ1n) is 7.17. The maximum absolute atomic E-state index is 12.3. The summed E-state index contributed by atoms with van der Waals surface area (Å²) in [5.74, 6) is 0.857. The van der Waals surface area contributed by atoms with Crippen LogP contribution >= 0.6 is 0 Å². The molecule has 0 spiro atoms. The maximum atomic E-state index is 12.3. The van der Waals surface area contributed by atoms with Gasteiger partial charge in [0.15, 0.2) is 0 Å². The number of benzene rings is 1. The van der Waals surface area contributed by atoms with Gasteiger partial charge in [-0.2, -0.15) is 0 Å². The minimum atomic E-state index is -1.34. The SMILES string of the molecule is CCC(=O)[C@H]1CC[C@]1([Se]c1ccccc1)[Si](C)(C)C. The van der Waals surface area contributed by atoms with Gasteiger partial charge in [0.25, 0.3) is 0 Å². The molecule has 0 saturated heterocycles. The van der Waals surface area contributed by atoms with Crippen molar-refractivity contribution in [2.45, 2.75) is 49.8 Å². The van der Waals surface area contributed by atoms with Gasteiger partial charge in [-0.3, -0.25) is 0 Å². The fourth-order valence-corrected chi connectivity index (χ4v) is 11.0. The van der Waals surface area contributed by atoms with Gasteiger partial charge in [0.05, 0.1) is 0 Å². The Bertz CT molecular complexity index is 452. The summed E-state index contributed by atoms with van der Waals surface area (Å²) in [6.45, 7) is 9.37. The van der Waals surface area contributed by atoms with Gasteiger partial charge in [-0.05, 0) is 0 Å². The first kappa shape index (κ1) is 15.0. The zero-order valence-electron chi connectivity index (χ0n) is 12.4. The summed E-state index contributed by atoms with van der Waals surface area (Å²) in [7, 11) is -1.34. The summed E-state index contributed by atoms with van der Waals surface area (Å²) in [6, 6.07) is 10.8. The molecule has 1 saturated carbocycles. The molecule has 3 heteroatoms. The molecule has 1 aromatic rings. The van der Waals surface area contributed by atoms with Crippen molar-refractivity contribution in [3.63, 3.8) is 0 Å². The fourth-order valence-electron chi connectivity index (χ4n) is 3.09. The molecule has 1 aliphatic rings. The molecule has 0 unspecified atom stereocenters. The van der Waals surface area contributed by atoms with Gasteiger partial charge in [-0.15, -0.1) is 0 Å². The number of hydrogen-bond acceptors (Lipinski definition) is 1. The zero-order valence-corrected chi connectivity index (χ0v) is 15.1. The Labute approximate surface area is 124 Å². The van der Waals surface area contributed by atoms with Crippen molar-refractivity contribution in [3.8, 4) is 0 Å². The monoisotopic (exact) mass is 340 g/mol. The molecule has 1 nitrogen and oxygen atoms in total. The van der Waals surface area contributed by atoms with Crippen LogP contribution < -0.4 is 4.46 Å². The van der Waals surface area contributed by atoms with Crippen molar-refractivity contribution in [2.75, 3.05) is 0 Å². The Hall–Kier alpha value is -0.374. The summed E-state index contributed by atoms with van der Waals surface area (Å²) in [4.78, 5) is 12.3. The predicted molar refractivity (Wildman–Crippen MR) is 85.9 cm³/mol. The van der Waals surface area contributed by atoms with Gasteiger partial charge in [0.1, 0.15) is 0 Å². The Morgan fingerprint density at radius 3 is 2.37 bits per heavy atom. The minimum absolute atomic E-state index is 0.351. The van der Waals surface area contributed by atoms with E-state index in [4.69, 9.17) is 0 Å². The molecule has 104 valence electrons. The van der Waals surface area contributed by atoms with E-state index in [1.165, 1.54) is 10.9 Å². The molecule has 0 bridgehead atoms. The van der Waals surface area contributed by atoms with Gasteiger partial charge in [-0.1, -0.05) is 0 Å². The second-order valence-corrected chi connectivity index (χ2v) is 15.6. The number of hydrogen-bond donors (Lipinski definition) is 0. The average Bonchev–Trinajstić information content (AvgIpc) is 2.34. The van der Waals surface area contributed by atoms with Crippen LogP contribution in [0.1, 0.15) is 26.2 Å². The fraction of sp³-hybridized carbons (Fsp3) is 0.562. The summed E-state index contributed by atoms with van der Waals surface area (Å²) in [5.41, 5.74) is 0. The molecule has 0 N–H and O–H groups in total. The van der Waals surface area contributed by atoms with Crippen LogP contribution in [0.5, 0.6) is 0 Å². The van der Waals surface area contributed by atoms with Crippen molar-refractivity contribution < 1.29 is 4.79 Å². The Morgan fingerprint density at radius 2 is 1.95 bits per heavy atom. The van der Waals surface area contributed by atoms with E-state index in [-0.39, 0.29) is 0 Å². The quantitative estimate of drug-likeness (QED) is 0.751. The molecule has 0 heterocycles. The summed E-state index contributed by atoms with van der Waals surface area (Å²) >= 11 is 0.437. The topological polar surface area (TPSA) is 17.1 Å². The molecule has 2 rings (SSSR count). The zero-order chi connectivity index (χ0) is 14.1. The van der Waals surface area contributed by atoms with Crippen LogP contribution in [0, 0.1) is 5.92 Å². The second-order valence-electron chi connectivity index (χ2n) is 6.47. The van der Waals surface area contributed by atoms with Gasteiger partial charge in [0, 0.05) is 0 Å². The van der Waals surface area contributed by atoms with E-state index in [2.05, 4.69) is 50.0 Å². The van der Waals surface area contributed by atoms with E-state index in [0.717, 1.165) is 6.42 Å². The summed E-state index contributed by atoms with van der Waals surface area (Å²) < 4.78 is 1.82. The predicted octanol–water partition coefficient (Wildman–Crippen LogP) is 3.44. The molecule has 0 radical (unpaired) electrons. The molecule has 0 aliphatic heterocycles. The van der Waals surface area contributed by atoms with Crippen molar-refractivity contribution in [3.05, 3.63) is 30.3 Å². The third-order valence-corrected chi connectivity index (χ3v) is 14.8. The van der Waals surface area contributed by atoms with Crippen LogP contribution in [0.25, 0.3) is 0 Å². The Morgan fingerprint density at radius 1 is 1.32 bits per heavy atom. The van der Waals surface area contributed by atoms with Crippen LogP contribution in [-0.2, 0) is 4.79 Å². The number of Topliss-reactive ketones (excluding diaryl/α,β-unsaturated/α-hetero) is 1. The molecule has 0 aromatic heterocycles. The van der Waals surface area contributed by atoms with Crippen LogP contribution in [0.15, 0.2) is 30.3 Å². The first-order valence-corrected chi connectivity index (χ1v) is 12.4. The molecule has 0 amide bonds. The van der Waals surface area contributed by atoms with Crippen LogP contribution in [0.4, 0.5) is 0 Å². The Balaban J connectivity index is 2.30. The molecule has 1 aromatic carbocycles. The van der Waals surface area contributed by atoms with E-state index in [1.54, 1.807) is 0 Å². The average molecular weight is 339 g/mol. The molecular weight excluding hydrogens is 315 g/mol. The van der Waals surface area contributed by atoms with E-state index < -0.39 is 8.07 Å². The molecule has 1 aliphatic carbocycles. The van der Waals surface area contributed by atoms with E-state index in [9.17, 15) is 4.79 Å². The van der Waals surface area contributed by atoms with Gasteiger partial charge in [0.2, 0.25) is 0 Å². The van der Waals surface area contributed by atoms with E-state index >= 15 is 0 Å². The van der Waals surface area contributed by atoms with Crippen molar-refractivity contribution in [1.29, 1.82) is 0 Å². The second kappa shape index (κ2) is 5.55. The molecule has 19 heavy (non-hydrogen) atoms. The Kier molecular flexibility index (Phi) is 4.39. The normalized spacial score (nSPS) is 26.8. The van der Waals surface area contributed by atoms with E-state index in [1.807, 2.05) is 6.92 Å². The standard InChI is InChI=1S/C16H24OSeSi/c1-5-15(17)14-11-12-16(14,19(2,3)4)18-13-9-7-6-8-10-13/h6-10,14H,5,11-12H2,1-4H3/t14-,16+/m1/s1. The number of ketones is 1. The molecule has 1 fully saturated rings. The van der Waals surface area contributed by atoms with E-state index in [0.29, 0.717) is 37.0 Å². The summed E-state index contributed by atoms with van der Waals surface area (Å²) in [5, 5.41) is 0. The third-order valence-electron chi connectivity index (χ3n) is 4.42. The molecular formula is C16H24OSeSi. The first-order chi connectivity index (χ1) is 8.90. The number of carbonyl (C=O) groups is 1. The van der Waals surface area contributed by atoms with Gasteiger partial charge in [-0.25, -0.2) is 0 Å². The van der Waals surface area contributed by atoms with Crippen LogP contribution in [0.3, 0.4) is 0 Å². The summed E-state index contributed by atoms with van der Waals surface area (Å²) in [6.07, 6.45) is 3.11. The number of carbonyl (C=O) groups excluding carboxylic acids is 1. The van der Waals surface area contributed by atoms with Crippen LogP contribution in [0.2, 0.25) is 23.6 Å². The van der Waals surface area contributed by atoms with Crippen molar-refractivity contribution in [1.82, 2.24) is 0 Å². The molecule has 2 atom stereocenters. The third kappa shape index (κ3) is 2.74. The van der Waals surface area contributed by atoms with Gasteiger partial charge < -0.3 is 0 Å². The van der Waals surface area contributed by atoms with Crippen LogP contribution in [-0.4, -0.2) is 28.8 Å². The van der Waals surface area contributed by atoms with Gasteiger partial charge >= 0.3 is 124 Å². The van der Waals surface area contributed by atoms with Crippen molar-refractivity contribution in [2.24, 2.45) is 5.92 Å².